The van der Waals surface area contributed by atoms with Crippen molar-refractivity contribution < 1.29 is 0 Å². The van der Waals surface area contributed by atoms with Crippen LogP contribution in [0.5, 0.6) is 0 Å². The molecule has 2 N–H and O–H groups in total. The first-order valence-electron chi connectivity index (χ1n) is 6.19. The van der Waals surface area contributed by atoms with E-state index in [1.54, 1.807) is 7.05 Å². The summed E-state index contributed by atoms with van der Waals surface area (Å²) in [5.41, 5.74) is 3.80. The van der Waals surface area contributed by atoms with E-state index in [0.717, 1.165) is 24.6 Å². The third-order valence-electron chi connectivity index (χ3n) is 3.13. The Morgan fingerprint density at radius 1 is 1.35 bits per heavy atom. The van der Waals surface area contributed by atoms with Crippen LogP contribution in [0.3, 0.4) is 0 Å². The number of pyridine rings is 1. The SMILES string of the molecule is CN=C(NC)NCc1ccc2c(n1)CCCC2. The van der Waals surface area contributed by atoms with Crippen molar-refractivity contribution in [3.63, 3.8) is 0 Å². The summed E-state index contributed by atoms with van der Waals surface area (Å²) in [6.45, 7) is 0.723. The molecule has 4 heteroatoms. The monoisotopic (exact) mass is 232 g/mol. The first-order valence-corrected chi connectivity index (χ1v) is 6.19. The standard InChI is InChI=1S/C13H20N4/c1-14-13(15-2)16-9-11-8-7-10-5-3-4-6-12(10)17-11/h7-8H,3-6,9H2,1-2H3,(H2,14,15,16). The average Bonchev–Trinajstić information content (AvgIpc) is 2.40. The Morgan fingerprint density at radius 2 is 2.18 bits per heavy atom. The highest BCUT2D eigenvalue weighted by molar-refractivity contribution is 5.79. The molecule has 0 unspecified atom stereocenters. The quantitative estimate of drug-likeness (QED) is 0.596. The Labute approximate surface area is 103 Å². The normalized spacial score (nSPS) is 15.3. The maximum Gasteiger partial charge on any atom is 0.191 e. The molecule has 0 aliphatic heterocycles. The molecule has 0 spiro atoms. The van der Waals surface area contributed by atoms with Gasteiger partial charge in [-0.3, -0.25) is 9.98 Å². The molecule has 1 aliphatic rings. The van der Waals surface area contributed by atoms with Crippen LogP contribution >= 0.6 is 0 Å². The number of hydrogen-bond acceptors (Lipinski definition) is 2. The molecule has 0 bridgehead atoms. The van der Waals surface area contributed by atoms with Crippen LogP contribution in [0, 0.1) is 0 Å². The van der Waals surface area contributed by atoms with Crippen LogP contribution in [0.15, 0.2) is 17.1 Å². The number of fused-ring (bicyclic) bond motifs is 1. The van der Waals surface area contributed by atoms with Gasteiger partial charge in [-0.1, -0.05) is 6.07 Å². The van der Waals surface area contributed by atoms with Gasteiger partial charge in [0.05, 0.1) is 12.2 Å². The summed E-state index contributed by atoms with van der Waals surface area (Å²) in [6.07, 6.45) is 4.89. The van der Waals surface area contributed by atoms with E-state index in [0.29, 0.717) is 0 Å². The molecule has 0 radical (unpaired) electrons. The summed E-state index contributed by atoms with van der Waals surface area (Å²) in [4.78, 5) is 8.78. The van der Waals surface area contributed by atoms with E-state index in [1.165, 1.54) is 30.5 Å². The van der Waals surface area contributed by atoms with Crippen molar-refractivity contribution in [3.8, 4) is 0 Å². The number of nitrogens with zero attached hydrogens (tertiary/aromatic N) is 2. The van der Waals surface area contributed by atoms with Gasteiger partial charge < -0.3 is 10.6 Å². The van der Waals surface area contributed by atoms with Gasteiger partial charge in [-0.15, -0.1) is 0 Å². The van der Waals surface area contributed by atoms with Gasteiger partial charge in [0.2, 0.25) is 0 Å². The number of hydrogen-bond donors (Lipinski definition) is 2. The number of nitrogens with one attached hydrogen (secondary N) is 2. The minimum Gasteiger partial charge on any atom is -0.359 e. The van der Waals surface area contributed by atoms with E-state index in [1.807, 2.05) is 7.05 Å². The Morgan fingerprint density at radius 3 is 2.94 bits per heavy atom. The molecular weight excluding hydrogens is 212 g/mol. The van der Waals surface area contributed by atoms with Crippen LogP contribution in [0.25, 0.3) is 0 Å². The van der Waals surface area contributed by atoms with E-state index >= 15 is 0 Å². The van der Waals surface area contributed by atoms with Gasteiger partial charge in [-0.2, -0.15) is 0 Å². The molecule has 0 fully saturated rings. The summed E-state index contributed by atoms with van der Waals surface area (Å²) in [7, 11) is 3.62. The number of aryl methyl sites for hydroxylation is 2. The molecule has 1 aliphatic carbocycles. The summed E-state index contributed by atoms with van der Waals surface area (Å²) in [5, 5.41) is 6.21. The molecule has 1 aromatic heterocycles. The highest BCUT2D eigenvalue weighted by Gasteiger charge is 2.10. The number of rotatable bonds is 2. The van der Waals surface area contributed by atoms with E-state index in [9.17, 15) is 0 Å². The average molecular weight is 232 g/mol. The van der Waals surface area contributed by atoms with Gasteiger partial charge in [0.25, 0.3) is 0 Å². The maximum atomic E-state index is 4.71. The fourth-order valence-corrected chi connectivity index (χ4v) is 2.18. The first kappa shape index (κ1) is 11.9. The van der Waals surface area contributed by atoms with E-state index in [4.69, 9.17) is 4.98 Å². The smallest absolute Gasteiger partial charge is 0.191 e. The van der Waals surface area contributed by atoms with Crippen molar-refractivity contribution >= 4 is 5.96 Å². The van der Waals surface area contributed by atoms with E-state index in [-0.39, 0.29) is 0 Å². The predicted octanol–water partition coefficient (Wildman–Crippen LogP) is 1.26. The Bertz CT molecular complexity index is 412. The van der Waals surface area contributed by atoms with Crippen molar-refractivity contribution in [1.29, 1.82) is 0 Å². The van der Waals surface area contributed by atoms with E-state index < -0.39 is 0 Å². The van der Waals surface area contributed by atoms with E-state index in [2.05, 4.69) is 27.8 Å². The second-order valence-electron chi connectivity index (χ2n) is 4.29. The zero-order valence-electron chi connectivity index (χ0n) is 10.6. The highest BCUT2D eigenvalue weighted by Crippen LogP contribution is 2.19. The Hall–Kier alpha value is -1.58. The van der Waals surface area contributed by atoms with Crippen molar-refractivity contribution in [3.05, 3.63) is 29.1 Å². The zero-order chi connectivity index (χ0) is 12.1. The van der Waals surface area contributed by atoms with Crippen molar-refractivity contribution in [2.75, 3.05) is 14.1 Å². The fourth-order valence-electron chi connectivity index (χ4n) is 2.18. The zero-order valence-corrected chi connectivity index (χ0v) is 10.6. The molecule has 0 atom stereocenters. The van der Waals surface area contributed by atoms with Crippen LogP contribution in [0.4, 0.5) is 0 Å². The molecule has 4 nitrogen and oxygen atoms in total. The first-order chi connectivity index (χ1) is 8.33. The fraction of sp³-hybridized carbons (Fsp3) is 0.538. The minimum atomic E-state index is 0.723. The molecule has 0 saturated carbocycles. The predicted molar refractivity (Wildman–Crippen MR) is 70.1 cm³/mol. The van der Waals surface area contributed by atoms with Crippen molar-refractivity contribution in [2.24, 2.45) is 4.99 Å². The van der Waals surface area contributed by atoms with Crippen LogP contribution in [0.2, 0.25) is 0 Å². The summed E-state index contributed by atoms with van der Waals surface area (Å²) in [6, 6.07) is 4.33. The van der Waals surface area contributed by atoms with Gasteiger partial charge >= 0.3 is 0 Å². The maximum absolute atomic E-state index is 4.71. The van der Waals surface area contributed by atoms with Crippen LogP contribution in [-0.2, 0) is 19.4 Å². The van der Waals surface area contributed by atoms with Crippen LogP contribution in [-0.4, -0.2) is 25.0 Å². The highest BCUT2D eigenvalue weighted by atomic mass is 15.2. The van der Waals surface area contributed by atoms with Gasteiger partial charge in [-0.05, 0) is 37.3 Å². The lowest BCUT2D eigenvalue weighted by atomic mass is 9.96. The van der Waals surface area contributed by atoms with Crippen molar-refractivity contribution in [1.82, 2.24) is 15.6 Å². The van der Waals surface area contributed by atoms with Crippen LogP contribution < -0.4 is 10.6 Å². The number of aromatic nitrogens is 1. The minimum absolute atomic E-state index is 0.723. The largest absolute Gasteiger partial charge is 0.359 e. The lowest BCUT2D eigenvalue weighted by molar-refractivity contribution is 0.660. The molecule has 1 aromatic rings. The summed E-state index contributed by atoms with van der Waals surface area (Å²) in [5.74, 6) is 0.796. The van der Waals surface area contributed by atoms with Gasteiger partial charge in [-0.25, -0.2) is 0 Å². The Kier molecular flexibility index (Phi) is 3.96. The summed E-state index contributed by atoms with van der Waals surface area (Å²) >= 11 is 0. The van der Waals surface area contributed by atoms with Crippen molar-refractivity contribution in [2.45, 2.75) is 32.2 Å². The molecule has 0 saturated heterocycles. The lowest BCUT2D eigenvalue weighted by Gasteiger charge is -2.16. The van der Waals surface area contributed by atoms with Gasteiger partial charge in [0, 0.05) is 19.8 Å². The second-order valence-corrected chi connectivity index (χ2v) is 4.29. The molecule has 0 amide bonds. The Balaban J connectivity index is 2.02. The van der Waals surface area contributed by atoms with Crippen LogP contribution in [0.1, 0.15) is 29.8 Å². The third kappa shape index (κ3) is 2.96. The topological polar surface area (TPSA) is 49.3 Å². The molecule has 1 heterocycles. The molecule has 0 aromatic carbocycles. The molecule has 17 heavy (non-hydrogen) atoms. The van der Waals surface area contributed by atoms with Gasteiger partial charge in [0.15, 0.2) is 5.96 Å². The van der Waals surface area contributed by atoms with Gasteiger partial charge in [0.1, 0.15) is 0 Å². The number of aliphatic imine (C=N–C) groups is 1. The molecule has 92 valence electrons. The second kappa shape index (κ2) is 5.66. The molecule has 2 rings (SSSR count). The lowest BCUT2D eigenvalue weighted by Crippen LogP contribution is -2.34. The third-order valence-corrected chi connectivity index (χ3v) is 3.13. The summed E-state index contributed by atoms with van der Waals surface area (Å²) < 4.78 is 0. The molecular formula is C13H20N4. The number of guanidine groups is 1.